The van der Waals surface area contributed by atoms with Crippen LogP contribution >= 0.6 is 0 Å². The summed E-state index contributed by atoms with van der Waals surface area (Å²) in [5, 5.41) is 24.6. The minimum atomic E-state index is -1.30. The summed E-state index contributed by atoms with van der Waals surface area (Å²) in [5.74, 6) is -2.38. The van der Waals surface area contributed by atoms with Crippen LogP contribution in [0, 0.1) is 5.92 Å². The number of amides is 3. The van der Waals surface area contributed by atoms with Gasteiger partial charge in [-0.3, -0.25) is 9.59 Å². The maximum atomic E-state index is 11.4. The molecule has 118 valence electrons. The van der Waals surface area contributed by atoms with E-state index in [0.29, 0.717) is 0 Å². The van der Waals surface area contributed by atoms with E-state index in [4.69, 9.17) is 10.2 Å². The molecule has 21 heavy (non-hydrogen) atoms. The van der Waals surface area contributed by atoms with E-state index in [1.807, 2.05) is 0 Å². The van der Waals surface area contributed by atoms with Crippen LogP contribution in [0.15, 0.2) is 0 Å². The van der Waals surface area contributed by atoms with E-state index >= 15 is 0 Å². The Bertz CT molecular complexity index is 421. The number of aliphatic carboxylic acids is 2. The number of carboxylic acid groups (broad SMARTS) is 2. The van der Waals surface area contributed by atoms with Crippen molar-refractivity contribution >= 4 is 23.9 Å². The first kappa shape index (κ1) is 16.7. The fraction of sp³-hybridized carbons (Fsp3) is 0.667. The predicted molar refractivity (Wildman–Crippen MR) is 70.6 cm³/mol. The van der Waals surface area contributed by atoms with E-state index in [1.54, 1.807) is 0 Å². The summed E-state index contributed by atoms with van der Waals surface area (Å²) in [5.41, 5.74) is 0. The fourth-order valence-electron chi connectivity index (χ4n) is 1.59. The van der Waals surface area contributed by atoms with Crippen LogP contribution < -0.4 is 16.0 Å². The molecule has 1 aliphatic carbocycles. The number of urea groups is 1. The van der Waals surface area contributed by atoms with Crippen LogP contribution in [0.25, 0.3) is 0 Å². The van der Waals surface area contributed by atoms with Crippen molar-refractivity contribution < 1.29 is 29.4 Å². The third kappa shape index (κ3) is 7.14. The van der Waals surface area contributed by atoms with E-state index in [2.05, 4.69) is 16.0 Å². The topological polar surface area (TPSA) is 145 Å². The van der Waals surface area contributed by atoms with Crippen molar-refractivity contribution in [3.8, 4) is 0 Å². The van der Waals surface area contributed by atoms with Crippen LogP contribution in [-0.4, -0.2) is 53.2 Å². The van der Waals surface area contributed by atoms with Crippen molar-refractivity contribution in [2.75, 3.05) is 13.1 Å². The molecule has 0 aromatic carbocycles. The second kappa shape index (κ2) is 8.08. The van der Waals surface area contributed by atoms with E-state index in [1.165, 1.54) is 0 Å². The Hall–Kier alpha value is -2.32. The molecule has 1 fully saturated rings. The highest BCUT2D eigenvalue weighted by Crippen LogP contribution is 2.28. The Kier molecular flexibility index (Phi) is 6.44. The number of carbonyl (C=O) groups is 4. The molecule has 5 N–H and O–H groups in total. The van der Waals surface area contributed by atoms with Crippen molar-refractivity contribution in [3.05, 3.63) is 0 Å². The monoisotopic (exact) mass is 301 g/mol. The van der Waals surface area contributed by atoms with E-state index in [0.717, 1.165) is 12.8 Å². The van der Waals surface area contributed by atoms with Crippen LogP contribution in [0.3, 0.4) is 0 Å². The first-order valence-corrected chi connectivity index (χ1v) is 6.67. The minimum Gasteiger partial charge on any atom is -0.481 e. The van der Waals surface area contributed by atoms with Gasteiger partial charge in [0.25, 0.3) is 0 Å². The summed E-state index contributed by atoms with van der Waals surface area (Å²) >= 11 is 0. The summed E-state index contributed by atoms with van der Waals surface area (Å²) in [6, 6.07) is -1.98. The first-order valence-electron chi connectivity index (χ1n) is 6.67. The lowest BCUT2D eigenvalue weighted by atomic mass is 10.1. The van der Waals surface area contributed by atoms with E-state index in [-0.39, 0.29) is 37.8 Å². The van der Waals surface area contributed by atoms with Gasteiger partial charge in [0.2, 0.25) is 5.91 Å². The Balaban J connectivity index is 2.18. The van der Waals surface area contributed by atoms with Gasteiger partial charge in [0.1, 0.15) is 6.04 Å². The van der Waals surface area contributed by atoms with Crippen LogP contribution in [-0.2, 0) is 14.4 Å². The number of hydrogen-bond donors (Lipinski definition) is 5. The average Bonchev–Trinajstić information content (AvgIpc) is 3.23. The molecule has 1 aliphatic rings. The molecule has 1 saturated carbocycles. The normalized spacial score (nSPS) is 14.9. The van der Waals surface area contributed by atoms with Crippen molar-refractivity contribution in [1.82, 2.24) is 16.0 Å². The average molecular weight is 301 g/mol. The molecule has 3 amide bonds. The molecule has 0 aromatic rings. The zero-order chi connectivity index (χ0) is 15.8. The Morgan fingerprint density at radius 2 is 1.67 bits per heavy atom. The minimum absolute atomic E-state index is 0.0397. The zero-order valence-corrected chi connectivity index (χ0v) is 11.4. The molecule has 0 heterocycles. The van der Waals surface area contributed by atoms with Crippen molar-refractivity contribution in [2.45, 2.75) is 31.7 Å². The summed E-state index contributed by atoms with van der Waals surface area (Å²) in [4.78, 5) is 44.0. The van der Waals surface area contributed by atoms with Gasteiger partial charge in [0.15, 0.2) is 0 Å². The highest BCUT2D eigenvalue weighted by molar-refractivity contribution is 5.83. The summed E-state index contributed by atoms with van der Waals surface area (Å²) in [7, 11) is 0. The maximum Gasteiger partial charge on any atom is 0.326 e. The predicted octanol–water partition coefficient (Wildman–Crippen LogP) is -0.870. The highest BCUT2D eigenvalue weighted by atomic mass is 16.4. The number of carbonyl (C=O) groups excluding carboxylic acids is 2. The number of carboxylic acids is 2. The molecule has 0 aromatic heterocycles. The zero-order valence-electron chi connectivity index (χ0n) is 11.4. The quantitative estimate of drug-likeness (QED) is 0.350. The van der Waals surface area contributed by atoms with Gasteiger partial charge in [-0.25, -0.2) is 9.59 Å². The summed E-state index contributed by atoms with van der Waals surface area (Å²) < 4.78 is 0. The number of hydrogen-bond acceptors (Lipinski definition) is 4. The summed E-state index contributed by atoms with van der Waals surface area (Å²) in [6.45, 7) is 0.422. The van der Waals surface area contributed by atoms with Crippen LogP contribution in [0.5, 0.6) is 0 Å². The Morgan fingerprint density at radius 3 is 2.19 bits per heavy atom. The van der Waals surface area contributed by atoms with Gasteiger partial charge in [-0.05, 0) is 19.3 Å². The maximum absolute atomic E-state index is 11.4. The molecule has 9 nitrogen and oxygen atoms in total. The molecule has 0 bridgehead atoms. The van der Waals surface area contributed by atoms with Gasteiger partial charge < -0.3 is 26.2 Å². The first-order chi connectivity index (χ1) is 9.90. The molecule has 0 spiro atoms. The van der Waals surface area contributed by atoms with Crippen LogP contribution in [0.1, 0.15) is 25.7 Å². The SMILES string of the molecule is O=C(O)CCC(NC(=O)NCCNC(=O)C1CC1)C(=O)O. The lowest BCUT2D eigenvalue weighted by Gasteiger charge is -2.14. The molecule has 1 rings (SSSR count). The van der Waals surface area contributed by atoms with E-state index in [9.17, 15) is 19.2 Å². The third-order valence-electron chi connectivity index (χ3n) is 2.91. The molecular weight excluding hydrogens is 282 g/mol. The second-order valence-electron chi connectivity index (χ2n) is 4.79. The Morgan fingerprint density at radius 1 is 1.05 bits per heavy atom. The van der Waals surface area contributed by atoms with Crippen LogP contribution in [0.2, 0.25) is 0 Å². The molecule has 1 atom stereocenters. The molecule has 0 aliphatic heterocycles. The van der Waals surface area contributed by atoms with Crippen LogP contribution in [0.4, 0.5) is 4.79 Å². The fourth-order valence-corrected chi connectivity index (χ4v) is 1.59. The van der Waals surface area contributed by atoms with Gasteiger partial charge in [-0.2, -0.15) is 0 Å². The van der Waals surface area contributed by atoms with Gasteiger partial charge in [0, 0.05) is 25.4 Å². The standard InChI is InChI=1S/C12H19N3O6/c16-9(17)4-3-8(11(19)20)15-12(21)14-6-5-13-10(18)7-1-2-7/h7-8H,1-6H2,(H,13,18)(H,16,17)(H,19,20)(H2,14,15,21). The van der Waals surface area contributed by atoms with Gasteiger partial charge in [-0.1, -0.05) is 0 Å². The molecular formula is C12H19N3O6. The molecule has 0 radical (unpaired) electrons. The highest BCUT2D eigenvalue weighted by Gasteiger charge is 2.29. The van der Waals surface area contributed by atoms with Crippen molar-refractivity contribution in [3.63, 3.8) is 0 Å². The van der Waals surface area contributed by atoms with Crippen molar-refractivity contribution in [1.29, 1.82) is 0 Å². The Labute approximate surface area is 121 Å². The van der Waals surface area contributed by atoms with E-state index < -0.39 is 24.0 Å². The lowest BCUT2D eigenvalue weighted by Crippen LogP contribution is -2.47. The van der Waals surface area contributed by atoms with Gasteiger partial charge >= 0.3 is 18.0 Å². The number of rotatable bonds is 9. The van der Waals surface area contributed by atoms with Gasteiger partial charge in [-0.15, -0.1) is 0 Å². The number of nitrogens with one attached hydrogen (secondary N) is 3. The largest absolute Gasteiger partial charge is 0.481 e. The molecule has 1 unspecified atom stereocenters. The second-order valence-corrected chi connectivity index (χ2v) is 4.79. The smallest absolute Gasteiger partial charge is 0.326 e. The third-order valence-corrected chi connectivity index (χ3v) is 2.91. The summed E-state index contributed by atoms with van der Waals surface area (Å²) in [6.07, 6.45) is 1.23. The molecule has 9 heteroatoms. The lowest BCUT2D eigenvalue weighted by molar-refractivity contribution is -0.140. The van der Waals surface area contributed by atoms with Gasteiger partial charge in [0.05, 0.1) is 0 Å². The molecule has 0 saturated heterocycles. The van der Waals surface area contributed by atoms with Crippen molar-refractivity contribution in [2.24, 2.45) is 5.92 Å².